The van der Waals surface area contributed by atoms with Crippen LogP contribution in [0.25, 0.3) is 0 Å². The van der Waals surface area contributed by atoms with E-state index >= 15 is 0 Å². The Morgan fingerprint density at radius 2 is 2.15 bits per heavy atom. The molecule has 0 aliphatic carbocycles. The van der Waals surface area contributed by atoms with E-state index in [4.69, 9.17) is 9.73 Å². The second-order valence-electron chi connectivity index (χ2n) is 5.87. The van der Waals surface area contributed by atoms with Crippen molar-refractivity contribution in [2.24, 2.45) is 12.0 Å². The molecule has 1 heterocycles. The Bertz CT molecular complexity index is 717. The van der Waals surface area contributed by atoms with Gasteiger partial charge in [0.25, 0.3) is 0 Å². The molecule has 0 saturated heterocycles. The molecule has 0 spiro atoms. The highest BCUT2D eigenvalue weighted by atomic mass is 127. The molecule has 2 N–H and O–H groups in total. The molecule has 0 aliphatic rings. The standard InChI is InChI=1S/C18H27N5O2.HI/c1-5-19-18(22(2)12-15-11-21-23(3)13-15)20-9-8-14-6-7-16(24)17(10-14)25-4;/h6-7,10-11,13,24H,5,8-9,12H2,1-4H3,(H,19,20);1H. The topological polar surface area (TPSA) is 74.9 Å². The van der Waals surface area contributed by atoms with Gasteiger partial charge in [-0.15, -0.1) is 24.0 Å². The minimum absolute atomic E-state index is 0. The van der Waals surface area contributed by atoms with E-state index in [9.17, 15) is 5.11 Å². The number of aliphatic imine (C=N–C) groups is 1. The first kappa shape index (κ1) is 22.1. The van der Waals surface area contributed by atoms with Crippen molar-refractivity contribution in [1.82, 2.24) is 20.0 Å². The molecule has 0 atom stereocenters. The van der Waals surface area contributed by atoms with E-state index in [1.807, 2.05) is 38.6 Å². The second-order valence-corrected chi connectivity index (χ2v) is 5.87. The molecule has 7 nitrogen and oxygen atoms in total. The number of aromatic nitrogens is 2. The molecule has 0 fully saturated rings. The largest absolute Gasteiger partial charge is 0.504 e. The summed E-state index contributed by atoms with van der Waals surface area (Å²) in [6.07, 6.45) is 4.64. The van der Waals surface area contributed by atoms with Gasteiger partial charge in [-0.2, -0.15) is 5.10 Å². The average Bonchev–Trinajstić information content (AvgIpc) is 3.00. The molecule has 0 saturated carbocycles. The van der Waals surface area contributed by atoms with Crippen LogP contribution in [0.1, 0.15) is 18.1 Å². The van der Waals surface area contributed by atoms with E-state index in [-0.39, 0.29) is 29.7 Å². The van der Waals surface area contributed by atoms with Crippen LogP contribution in [0.3, 0.4) is 0 Å². The maximum atomic E-state index is 9.66. The summed E-state index contributed by atoms with van der Waals surface area (Å²) in [6.45, 7) is 4.25. The molecule has 0 bridgehead atoms. The number of nitrogens with one attached hydrogen (secondary N) is 1. The van der Waals surface area contributed by atoms with Crippen LogP contribution in [0.5, 0.6) is 11.5 Å². The summed E-state index contributed by atoms with van der Waals surface area (Å²) in [7, 11) is 5.47. The van der Waals surface area contributed by atoms with Crippen molar-refractivity contribution in [3.63, 3.8) is 0 Å². The van der Waals surface area contributed by atoms with Crippen LogP contribution in [0.4, 0.5) is 0 Å². The van der Waals surface area contributed by atoms with Crippen molar-refractivity contribution >= 4 is 29.9 Å². The number of methoxy groups -OCH3 is 1. The van der Waals surface area contributed by atoms with Gasteiger partial charge in [-0.3, -0.25) is 9.67 Å². The summed E-state index contributed by atoms with van der Waals surface area (Å²) in [6, 6.07) is 5.38. The first-order valence-corrected chi connectivity index (χ1v) is 8.36. The van der Waals surface area contributed by atoms with Crippen LogP contribution < -0.4 is 10.1 Å². The summed E-state index contributed by atoms with van der Waals surface area (Å²) < 4.78 is 6.94. The van der Waals surface area contributed by atoms with Crippen molar-refractivity contribution in [3.8, 4) is 11.5 Å². The fraction of sp³-hybridized carbons (Fsp3) is 0.444. The minimum Gasteiger partial charge on any atom is -0.504 e. The lowest BCUT2D eigenvalue weighted by atomic mass is 10.1. The number of benzene rings is 1. The number of rotatable bonds is 7. The molecular formula is C18H28IN5O2. The molecule has 0 amide bonds. The van der Waals surface area contributed by atoms with Crippen LogP contribution in [0.15, 0.2) is 35.6 Å². The zero-order valence-corrected chi connectivity index (χ0v) is 18.1. The Morgan fingerprint density at radius 1 is 1.38 bits per heavy atom. The van der Waals surface area contributed by atoms with Crippen molar-refractivity contribution in [2.45, 2.75) is 19.9 Å². The molecule has 0 unspecified atom stereocenters. The van der Waals surface area contributed by atoms with E-state index in [0.29, 0.717) is 12.3 Å². The molecule has 0 aliphatic heterocycles. The van der Waals surface area contributed by atoms with E-state index in [1.165, 1.54) is 0 Å². The summed E-state index contributed by atoms with van der Waals surface area (Å²) >= 11 is 0. The maximum Gasteiger partial charge on any atom is 0.193 e. The lowest BCUT2D eigenvalue weighted by molar-refractivity contribution is 0.373. The highest BCUT2D eigenvalue weighted by molar-refractivity contribution is 14.0. The normalized spacial score (nSPS) is 11.0. The van der Waals surface area contributed by atoms with Gasteiger partial charge in [-0.25, -0.2) is 0 Å². The van der Waals surface area contributed by atoms with Crippen LogP contribution in [0, 0.1) is 0 Å². The molecule has 1 aromatic carbocycles. The number of phenolic OH excluding ortho intramolecular Hbond substituents is 1. The highest BCUT2D eigenvalue weighted by Gasteiger charge is 2.08. The number of halogens is 1. The number of aromatic hydroxyl groups is 1. The van der Waals surface area contributed by atoms with Gasteiger partial charge in [0, 0.05) is 45.5 Å². The van der Waals surface area contributed by atoms with Crippen molar-refractivity contribution < 1.29 is 9.84 Å². The van der Waals surface area contributed by atoms with E-state index in [1.54, 1.807) is 17.9 Å². The lowest BCUT2D eigenvalue weighted by Gasteiger charge is -2.21. The predicted octanol–water partition coefficient (Wildman–Crippen LogP) is 2.39. The summed E-state index contributed by atoms with van der Waals surface area (Å²) in [5, 5.41) is 17.2. The van der Waals surface area contributed by atoms with E-state index in [2.05, 4.69) is 22.2 Å². The van der Waals surface area contributed by atoms with Gasteiger partial charge in [-0.05, 0) is 31.0 Å². The van der Waals surface area contributed by atoms with Crippen molar-refractivity contribution in [1.29, 1.82) is 0 Å². The first-order valence-electron chi connectivity index (χ1n) is 8.36. The Labute approximate surface area is 172 Å². The number of ether oxygens (including phenoxy) is 1. The van der Waals surface area contributed by atoms with Crippen molar-refractivity contribution in [3.05, 3.63) is 41.7 Å². The minimum atomic E-state index is 0. The number of hydrogen-bond acceptors (Lipinski definition) is 4. The molecule has 1 aromatic heterocycles. The number of phenols is 1. The van der Waals surface area contributed by atoms with Gasteiger partial charge < -0.3 is 20.1 Å². The zero-order chi connectivity index (χ0) is 18.2. The number of nitrogens with zero attached hydrogens (tertiary/aromatic N) is 4. The molecule has 2 rings (SSSR count). The number of aryl methyl sites for hydroxylation is 1. The molecular weight excluding hydrogens is 445 g/mol. The number of guanidine groups is 1. The monoisotopic (exact) mass is 473 g/mol. The summed E-state index contributed by atoms with van der Waals surface area (Å²) in [5.74, 6) is 1.50. The van der Waals surface area contributed by atoms with Gasteiger partial charge in [0.05, 0.1) is 13.3 Å². The van der Waals surface area contributed by atoms with Crippen molar-refractivity contribution in [2.75, 3.05) is 27.2 Å². The molecule has 8 heteroatoms. The quantitative estimate of drug-likeness (QED) is 0.367. The van der Waals surface area contributed by atoms with Gasteiger partial charge in [0.2, 0.25) is 0 Å². The Hall–Kier alpha value is -1.97. The van der Waals surface area contributed by atoms with Crippen LogP contribution in [0.2, 0.25) is 0 Å². The number of hydrogen-bond donors (Lipinski definition) is 2. The molecule has 0 radical (unpaired) electrons. The summed E-state index contributed by atoms with van der Waals surface area (Å²) in [4.78, 5) is 6.77. The Morgan fingerprint density at radius 3 is 2.77 bits per heavy atom. The van der Waals surface area contributed by atoms with Crippen LogP contribution in [-0.2, 0) is 20.0 Å². The van der Waals surface area contributed by atoms with Gasteiger partial charge in [0.1, 0.15) is 0 Å². The first-order chi connectivity index (χ1) is 12.0. The summed E-state index contributed by atoms with van der Waals surface area (Å²) in [5.41, 5.74) is 2.21. The maximum absolute atomic E-state index is 9.66. The molecule has 144 valence electrons. The molecule has 2 aromatic rings. The SMILES string of the molecule is CCNC(=NCCc1ccc(O)c(OC)c1)N(C)Cc1cnn(C)c1.I. The van der Waals surface area contributed by atoms with Gasteiger partial charge >= 0.3 is 0 Å². The fourth-order valence-corrected chi connectivity index (χ4v) is 2.54. The highest BCUT2D eigenvalue weighted by Crippen LogP contribution is 2.26. The van der Waals surface area contributed by atoms with E-state index in [0.717, 1.165) is 36.6 Å². The lowest BCUT2D eigenvalue weighted by Crippen LogP contribution is -2.38. The Kier molecular flexibility index (Phi) is 9.25. The van der Waals surface area contributed by atoms with E-state index < -0.39 is 0 Å². The van der Waals surface area contributed by atoms with Gasteiger partial charge in [0.15, 0.2) is 17.5 Å². The smallest absolute Gasteiger partial charge is 0.193 e. The average molecular weight is 473 g/mol. The third-order valence-electron chi connectivity index (χ3n) is 3.78. The second kappa shape index (κ2) is 10.9. The third kappa shape index (κ3) is 6.40. The van der Waals surface area contributed by atoms with Crippen LogP contribution >= 0.6 is 24.0 Å². The predicted molar refractivity (Wildman–Crippen MR) is 114 cm³/mol. The van der Waals surface area contributed by atoms with Gasteiger partial charge in [-0.1, -0.05) is 6.07 Å². The third-order valence-corrected chi connectivity index (χ3v) is 3.78. The molecule has 26 heavy (non-hydrogen) atoms. The fourth-order valence-electron chi connectivity index (χ4n) is 2.54. The van der Waals surface area contributed by atoms with Crippen LogP contribution in [-0.4, -0.2) is 53.0 Å². The zero-order valence-electron chi connectivity index (χ0n) is 15.8. The Balaban J connectivity index is 0.00000338.